The standard InChI is InChI=1S/C27H31N3O3S/c1-21-9-15-26(16-10-21)34(32,33)28-18-22-11-13-24(14-12-22)27(31)29-25-8-5-17-30(20-25)19-23-6-3-2-4-7-23/h2-4,6-7,9-16,25,28H,5,8,17-20H2,1H3,(H,29,31). The number of aryl methyl sites for hydroxylation is 1. The van der Waals surface area contributed by atoms with Crippen molar-refractivity contribution in [3.05, 3.63) is 101 Å². The van der Waals surface area contributed by atoms with Crippen LogP contribution in [0.3, 0.4) is 0 Å². The van der Waals surface area contributed by atoms with Gasteiger partial charge in [-0.3, -0.25) is 9.69 Å². The Labute approximate surface area is 202 Å². The number of hydrogen-bond donors (Lipinski definition) is 2. The summed E-state index contributed by atoms with van der Waals surface area (Å²) >= 11 is 0. The summed E-state index contributed by atoms with van der Waals surface area (Å²) in [5.41, 5.74) is 3.65. The van der Waals surface area contributed by atoms with Crippen LogP contribution in [-0.2, 0) is 23.1 Å². The Morgan fingerprint density at radius 2 is 1.65 bits per heavy atom. The van der Waals surface area contributed by atoms with Crippen LogP contribution < -0.4 is 10.0 Å². The molecular formula is C27H31N3O3S. The number of nitrogens with one attached hydrogen (secondary N) is 2. The smallest absolute Gasteiger partial charge is 0.251 e. The number of nitrogens with zero attached hydrogens (tertiary/aromatic N) is 1. The minimum Gasteiger partial charge on any atom is -0.348 e. The maximum absolute atomic E-state index is 12.8. The first-order valence-corrected chi connectivity index (χ1v) is 13.1. The van der Waals surface area contributed by atoms with Crippen LogP contribution in [0.25, 0.3) is 0 Å². The van der Waals surface area contributed by atoms with E-state index in [-0.39, 0.29) is 23.4 Å². The zero-order valence-electron chi connectivity index (χ0n) is 19.4. The summed E-state index contributed by atoms with van der Waals surface area (Å²) in [6.45, 7) is 4.83. The highest BCUT2D eigenvalue weighted by atomic mass is 32.2. The quantitative estimate of drug-likeness (QED) is 0.516. The number of benzene rings is 3. The average Bonchev–Trinajstić information content (AvgIpc) is 2.84. The minimum atomic E-state index is -3.58. The molecule has 4 rings (SSSR count). The molecule has 2 N–H and O–H groups in total. The lowest BCUT2D eigenvalue weighted by atomic mass is 10.0. The van der Waals surface area contributed by atoms with E-state index in [1.54, 1.807) is 48.5 Å². The molecule has 178 valence electrons. The molecule has 1 aliphatic rings. The Morgan fingerprint density at radius 1 is 0.941 bits per heavy atom. The van der Waals surface area contributed by atoms with Crippen molar-refractivity contribution in [2.75, 3.05) is 13.1 Å². The van der Waals surface area contributed by atoms with Gasteiger partial charge in [0.25, 0.3) is 5.91 Å². The van der Waals surface area contributed by atoms with E-state index in [0.29, 0.717) is 5.56 Å². The molecular weight excluding hydrogens is 446 g/mol. The van der Waals surface area contributed by atoms with E-state index in [4.69, 9.17) is 0 Å². The Balaban J connectivity index is 1.29. The van der Waals surface area contributed by atoms with E-state index in [1.807, 2.05) is 13.0 Å². The van der Waals surface area contributed by atoms with E-state index in [1.165, 1.54) is 5.56 Å². The molecule has 1 fully saturated rings. The Kier molecular flexibility index (Phi) is 7.77. The summed E-state index contributed by atoms with van der Waals surface area (Å²) in [4.78, 5) is 15.4. The molecule has 1 heterocycles. The van der Waals surface area contributed by atoms with E-state index < -0.39 is 10.0 Å². The van der Waals surface area contributed by atoms with Gasteiger partial charge in [0.2, 0.25) is 10.0 Å². The fourth-order valence-electron chi connectivity index (χ4n) is 4.18. The largest absolute Gasteiger partial charge is 0.348 e. The third-order valence-electron chi connectivity index (χ3n) is 6.10. The molecule has 1 unspecified atom stereocenters. The van der Waals surface area contributed by atoms with Gasteiger partial charge in [0.05, 0.1) is 4.90 Å². The molecule has 0 aliphatic carbocycles. The SMILES string of the molecule is Cc1ccc(S(=O)(=O)NCc2ccc(C(=O)NC3CCCN(Cc4ccccc4)C3)cc2)cc1. The van der Waals surface area contributed by atoms with Crippen molar-refractivity contribution in [2.24, 2.45) is 0 Å². The zero-order valence-corrected chi connectivity index (χ0v) is 20.2. The molecule has 1 saturated heterocycles. The van der Waals surface area contributed by atoms with Gasteiger partial charge in [-0.2, -0.15) is 0 Å². The van der Waals surface area contributed by atoms with Gasteiger partial charge in [-0.1, -0.05) is 60.2 Å². The summed E-state index contributed by atoms with van der Waals surface area (Å²) in [7, 11) is -3.58. The van der Waals surface area contributed by atoms with Crippen molar-refractivity contribution in [1.82, 2.24) is 14.9 Å². The highest BCUT2D eigenvalue weighted by Crippen LogP contribution is 2.15. The molecule has 1 aliphatic heterocycles. The lowest BCUT2D eigenvalue weighted by Crippen LogP contribution is -2.47. The third-order valence-corrected chi connectivity index (χ3v) is 7.52. The van der Waals surface area contributed by atoms with Gasteiger partial charge in [0, 0.05) is 31.2 Å². The number of hydrogen-bond acceptors (Lipinski definition) is 4. The highest BCUT2D eigenvalue weighted by Gasteiger charge is 2.22. The van der Waals surface area contributed by atoms with E-state index >= 15 is 0 Å². The summed E-state index contributed by atoms with van der Waals surface area (Å²) in [6, 6.07) is 24.3. The van der Waals surface area contributed by atoms with Crippen LogP contribution in [0.1, 0.15) is 39.9 Å². The Bertz CT molecular complexity index is 1190. The lowest BCUT2D eigenvalue weighted by Gasteiger charge is -2.33. The normalized spacial score (nSPS) is 16.8. The molecule has 1 atom stereocenters. The van der Waals surface area contributed by atoms with E-state index in [9.17, 15) is 13.2 Å². The van der Waals surface area contributed by atoms with Crippen molar-refractivity contribution >= 4 is 15.9 Å². The lowest BCUT2D eigenvalue weighted by molar-refractivity contribution is 0.0900. The first-order valence-electron chi connectivity index (χ1n) is 11.6. The second-order valence-electron chi connectivity index (χ2n) is 8.87. The maximum Gasteiger partial charge on any atom is 0.251 e. The number of piperidine rings is 1. The van der Waals surface area contributed by atoms with Crippen LogP contribution in [0.2, 0.25) is 0 Å². The summed E-state index contributed by atoms with van der Waals surface area (Å²) in [5, 5.41) is 3.16. The minimum absolute atomic E-state index is 0.0988. The predicted octanol–water partition coefficient (Wildman–Crippen LogP) is 3.87. The number of likely N-dealkylation sites (tertiary alicyclic amines) is 1. The van der Waals surface area contributed by atoms with Crippen molar-refractivity contribution < 1.29 is 13.2 Å². The molecule has 1 amide bonds. The van der Waals surface area contributed by atoms with Crippen LogP contribution in [0.4, 0.5) is 0 Å². The van der Waals surface area contributed by atoms with Gasteiger partial charge in [-0.25, -0.2) is 13.1 Å². The molecule has 7 heteroatoms. The Hall–Kier alpha value is -3.00. The predicted molar refractivity (Wildman–Crippen MR) is 134 cm³/mol. The van der Waals surface area contributed by atoms with Gasteiger partial charge in [-0.15, -0.1) is 0 Å². The third kappa shape index (κ3) is 6.53. The van der Waals surface area contributed by atoms with E-state index in [0.717, 1.165) is 43.6 Å². The van der Waals surface area contributed by atoms with Gasteiger partial charge >= 0.3 is 0 Å². The first-order chi connectivity index (χ1) is 16.4. The molecule has 0 radical (unpaired) electrons. The van der Waals surface area contributed by atoms with Crippen LogP contribution >= 0.6 is 0 Å². The number of carbonyl (C=O) groups is 1. The zero-order chi connectivity index (χ0) is 24.0. The maximum atomic E-state index is 12.8. The fourth-order valence-corrected chi connectivity index (χ4v) is 5.20. The molecule has 3 aromatic rings. The van der Waals surface area contributed by atoms with Gasteiger partial charge in [0.1, 0.15) is 0 Å². The number of sulfonamides is 1. The average molecular weight is 478 g/mol. The van der Waals surface area contributed by atoms with Gasteiger partial charge in [-0.05, 0) is 61.7 Å². The van der Waals surface area contributed by atoms with Crippen LogP contribution in [0.5, 0.6) is 0 Å². The van der Waals surface area contributed by atoms with Crippen molar-refractivity contribution in [3.63, 3.8) is 0 Å². The molecule has 6 nitrogen and oxygen atoms in total. The van der Waals surface area contributed by atoms with Crippen molar-refractivity contribution in [2.45, 2.75) is 43.8 Å². The number of amides is 1. The summed E-state index contributed by atoms with van der Waals surface area (Å²) in [5.74, 6) is -0.0988. The molecule has 0 aromatic heterocycles. The number of carbonyl (C=O) groups excluding carboxylic acids is 1. The summed E-state index contributed by atoms with van der Waals surface area (Å²) in [6.07, 6.45) is 2.02. The second kappa shape index (κ2) is 11.0. The molecule has 34 heavy (non-hydrogen) atoms. The molecule has 0 bridgehead atoms. The van der Waals surface area contributed by atoms with Gasteiger partial charge in [0.15, 0.2) is 0 Å². The highest BCUT2D eigenvalue weighted by molar-refractivity contribution is 7.89. The second-order valence-corrected chi connectivity index (χ2v) is 10.6. The molecule has 0 saturated carbocycles. The van der Waals surface area contributed by atoms with Crippen LogP contribution in [0, 0.1) is 6.92 Å². The molecule has 3 aromatic carbocycles. The van der Waals surface area contributed by atoms with Crippen molar-refractivity contribution in [1.29, 1.82) is 0 Å². The van der Waals surface area contributed by atoms with E-state index in [2.05, 4.69) is 39.2 Å². The van der Waals surface area contributed by atoms with Crippen LogP contribution in [-0.4, -0.2) is 38.4 Å². The Morgan fingerprint density at radius 3 is 2.35 bits per heavy atom. The first kappa shape index (κ1) is 24.1. The van der Waals surface area contributed by atoms with Crippen LogP contribution in [0.15, 0.2) is 83.8 Å². The van der Waals surface area contributed by atoms with Crippen molar-refractivity contribution in [3.8, 4) is 0 Å². The van der Waals surface area contributed by atoms with Gasteiger partial charge < -0.3 is 5.32 Å². The topological polar surface area (TPSA) is 78.5 Å². The monoisotopic (exact) mass is 477 g/mol. The molecule has 0 spiro atoms. The summed E-state index contributed by atoms with van der Waals surface area (Å²) < 4.78 is 27.6. The number of rotatable bonds is 8. The fraction of sp³-hybridized carbons (Fsp3) is 0.296.